The SMILES string of the molecule is O=C(O)CC(O)C(O)c1ccc(C(=O)O)cc1Br. The molecule has 0 spiro atoms. The number of halogens is 1. The highest BCUT2D eigenvalue weighted by atomic mass is 79.9. The number of hydrogen-bond donors (Lipinski definition) is 4. The third-order valence-electron chi connectivity index (χ3n) is 2.31. The molecule has 0 radical (unpaired) electrons. The molecule has 0 amide bonds. The number of hydrogen-bond acceptors (Lipinski definition) is 4. The normalized spacial score (nSPS) is 13.9. The van der Waals surface area contributed by atoms with E-state index in [9.17, 15) is 19.8 Å². The molecule has 0 aromatic heterocycles. The highest BCUT2D eigenvalue weighted by Crippen LogP contribution is 2.27. The minimum Gasteiger partial charge on any atom is -0.481 e. The lowest BCUT2D eigenvalue weighted by Gasteiger charge is -2.18. The van der Waals surface area contributed by atoms with E-state index in [1.807, 2.05) is 0 Å². The Kier molecular flexibility index (Phi) is 4.83. The van der Waals surface area contributed by atoms with Crippen molar-refractivity contribution in [1.82, 2.24) is 0 Å². The molecule has 1 rings (SSSR count). The van der Waals surface area contributed by atoms with Gasteiger partial charge < -0.3 is 20.4 Å². The number of carboxylic acid groups (broad SMARTS) is 2. The predicted molar refractivity (Wildman–Crippen MR) is 64.3 cm³/mol. The first-order valence-electron chi connectivity index (χ1n) is 4.93. The highest BCUT2D eigenvalue weighted by Gasteiger charge is 2.23. The molecule has 98 valence electrons. The molecule has 18 heavy (non-hydrogen) atoms. The number of aliphatic hydroxyl groups excluding tert-OH is 2. The average Bonchev–Trinajstić information content (AvgIpc) is 2.26. The van der Waals surface area contributed by atoms with Crippen LogP contribution in [0, 0.1) is 0 Å². The lowest BCUT2D eigenvalue weighted by molar-refractivity contribution is -0.141. The van der Waals surface area contributed by atoms with E-state index >= 15 is 0 Å². The van der Waals surface area contributed by atoms with Gasteiger partial charge >= 0.3 is 11.9 Å². The van der Waals surface area contributed by atoms with Gasteiger partial charge in [0.15, 0.2) is 0 Å². The third-order valence-corrected chi connectivity index (χ3v) is 3.00. The first kappa shape index (κ1) is 14.6. The Hall–Kier alpha value is -1.44. The van der Waals surface area contributed by atoms with Gasteiger partial charge in [-0.15, -0.1) is 0 Å². The molecule has 0 aliphatic heterocycles. The fourth-order valence-corrected chi connectivity index (χ4v) is 2.01. The van der Waals surface area contributed by atoms with Crippen molar-refractivity contribution < 1.29 is 30.0 Å². The number of aliphatic carboxylic acids is 1. The average molecular weight is 319 g/mol. The van der Waals surface area contributed by atoms with Crippen molar-refractivity contribution in [2.24, 2.45) is 0 Å². The van der Waals surface area contributed by atoms with Gasteiger partial charge in [-0.1, -0.05) is 22.0 Å². The van der Waals surface area contributed by atoms with Crippen LogP contribution < -0.4 is 0 Å². The van der Waals surface area contributed by atoms with E-state index in [1.165, 1.54) is 18.2 Å². The van der Waals surface area contributed by atoms with Gasteiger partial charge in [0.1, 0.15) is 6.10 Å². The lowest BCUT2D eigenvalue weighted by Crippen LogP contribution is -2.22. The predicted octanol–water partition coefficient (Wildman–Crippen LogP) is 1.02. The van der Waals surface area contributed by atoms with Gasteiger partial charge in [-0.05, 0) is 17.7 Å². The summed E-state index contributed by atoms with van der Waals surface area (Å²) in [6.45, 7) is 0. The molecule has 0 saturated heterocycles. The van der Waals surface area contributed by atoms with Gasteiger partial charge in [0, 0.05) is 4.47 Å². The van der Waals surface area contributed by atoms with Crippen molar-refractivity contribution in [3.63, 3.8) is 0 Å². The van der Waals surface area contributed by atoms with E-state index in [-0.39, 0.29) is 11.1 Å². The Morgan fingerprint density at radius 3 is 2.28 bits per heavy atom. The van der Waals surface area contributed by atoms with E-state index in [0.29, 0.717) is 4.47 Å². The largest absolute Gasteiger partial charge is 0.481 e. The van der Waals surface area contributed by atoms with Crippen LogP contribution in [0.15, 0.2) is 22.7 Å². The highest BCUT2D eigenvalue weighted by molar-refractivity contribution is 9.10. The van der Waals surface area contributed by atoms with Crippen LogP contribution in [-0.4, -0.2) is 38.5 Å². The smallest absolute Gasteiger partial charge is 0.335 e. The summed E-state index contributed by atoms with van der Waals surface area (Å²) in [4.78, 5) is 21.1. The molecule has 1 aromatic rings. The zero-order valence-corrected chi connectivity index (χ0v) is 10.7. The molecule has 0 saturated carbocycles. The standard InChI is InChI=1S/C11H11BrO6/c12-7-3-5(11(17)18)1-2-6(7)10(16)8(13)4-9(14)15/h1-3,8,10,13,16H,4H2,(H,14,15)(H,17,18). The van der Waals surface area contributed by atoms with E-state index in [2.05, 4.69) is 15.9 Å². The Morgan fingerprint density at radius 2 is 1.83 bits per heavy atom. The van der Waals surface area contributed by atoms with Crippen LogP contribution in [0.2, 0.25) is 0 Å². The van der Waals surface area contributed by atoms with Crippen LogP contribution in [0.5, 0.6) is 0 Å². The zero-order valence-electron chi connectivity index (χ0n) is 9.08. The van der Waals surface area contributed by atoms with E-state index < -0.39 is 30.6 Å². The molecule has 1 aromatic carbocycles. The summed E-state index contributed by atoms with van der Waals surface area (Å²) < 4.78 is 0.291. The maximum atomic E-state index is 10.7. The number of aromatic carboxylic acids is 1. The number of aliphatic hydroxyl groups is 2. The summed E-state index contributed by atoms with van der Waals surface area (Å²) in [5, 5.41) is 36.5. The summed E-state index contributed by atoms with van der Waals surface area (Å²) in [5.74, 6) is -2.36. The Balaban J connectivity index is 2.96. The summed E-state index contributed by atoms with van der Waals surface area (Å²) in [7, 11) is 0. The topological polar surface area (TPSA) is 115 Å². The first-order valence-corrected chi connectivity index (χ1v) is 5.73. The summed E-state index contributed by atoms with van der Waals surface area (Å²) in [6, 6.07) is 3.86. The van der Waals surface area contributed by atoms with Gasteiger partial charge in [0.05, 0.1) is 18.1 Å². The van der Waals surface area contributed by atoms with E-state index in [1.54, 1.807) is 0 Å². The second-order valence-corrected chi connectivity index (χ2v) is 4.51. The van der Waals surface area contributed by atoms with Crippen molar-refractivity contribution in [1.29, 1.82) is 0 Å². The molecule has 2 unspecified atom stereocenters. The second-order valence-electron chi connectivity index (χ2n) is 3.65. The van der Waals surface area contributed by atoms with Crippen LogP contribution in [-0.2, 0) is 4.79 Å². The van der Waals surface area contributed by atoms with Crippen LogP contribution in [0.3, 0.4) is 0 Å². The maximum Gasteiger partial charge on any atom is 0.335 e. The monoisotopic (exact) mass is 318 g/mol. The number of carbonyl (C=O) groups is 2. The van der Waals surface area contributed by atoms with Crippen molar-refractivity contribution in [2.45, 2.75) is 18.6 Å². The molecular formula is C11H11BrO6. The summed E-state index contributed by atoms with van der Waals surface area (Å²) in [5.41, 5.74) is 0.249. The summed E-state index contributed by atoms with van der Waals surface area (Å²) in [6.07, 6.45) is -3.47. The minimum atomic E-state index is -1.46. The maximum absolute atomic E-state index is 10.7. The molecule has 0 aliphatic rings. The molecule has 0 heterocycles. The Labute approximate surface area is 111 Å². The number of benzene rings is 1. The van der Waals surface area contributed by atoms with Gasteiger partial charge in [-0.3, -0.25) is 4.79 Å². The van der Waals surface area contributed by atoms with Crippen LogP contribution in [0.1, 0.15) is 28.4 Å². The molecular weight excluding hydrogens is 308 g/mol. The van der Waals surface area contributed by atoms with E-state index in [0.717, 1.165) is 0 Å². The third kappa shape index (κ3) is 3.52. The minimum absolute atomic E-state index is 0.0190. The molecule has 0 aliphatic carbocycles. The van der Waals surface area contributed by atoms with Crippen LogP contribution >= 0.6 is 15.9 Å². The quantitative estimate of drug-likeness (QED) is 0.644. The second kappa shape index (κ2) is 5.94. The molecule has 0 fully saturated rings. The van der Waals surface area contributed by atoms with Crippen molar-refractivity contribution in [3.05, 3.63) is 33.8 Å². The Bertz CT molecular complexity index is 473. The molecule has 7 heteroatoms. The lowest BCUT2D eigenvalue weighted by atomic mass is 10.0. The molecule has 0 bridgehead atoms. The van der Waals surface area contributed by atoms with Gasteiger partial charge in [0.2, 0.25) is 0 Å². The van der Waals surface area contributed by atoms with Crippen LogP contribution in [0.25, 0.3) is 0 Å². The molecule has 2 atom stereocenters. The Morgan fingerprint density at radius 1 is 1.22 bits per heavy atom. The van der Waals surface area contributed by atoms with Crippen molar-refractivity contribution in [2.75, 3.05) is 0 Å². The van der Waals surface area contributed by atoms with Crippen molar-refractivity contribution in [3.8, 4) is 0 Å². The van der Waals surface area contributed by atoms with Gasteiger partial charge in [-0.25, -0.2) is 4.79 Å². The van der Waals surface area contributed by atoms with E-state index in [4.69, 9.17) is 10.2 Å². The molecule has 6 nitrogen and oxygen atoms in total. The van der Waals surface area contributed by atoms with Gasteiger partial charge in [0.25, 0.3) is 0 Å². The number of rotatable bonds is 5. The zero-order chi connectivity index (χ0) is 13.9. The number of carboxylic acids is 2. The fourth-order valence-electron chi connectivity index (χ4n) is 1.40. The van der Waals surface area contributed by atoms with Gasteiger partial charge in [-0.2, -0.15) is 0 Å². The van der Waals surface area contributed by atoms with Crippen LogP contribution in [0.4, 0.5) is 0 Å². The molecule has 4 N–H and O–H groups in total. The summed E-state index contributed by atoms with van der Waals surface area (Å²) >= 11 is 3.07. The fraction of sp³-hybridized carbons (Fsp3) is 0.273. The first-order chi connectivity index (χ1) is 8.32. The van der Waals surface area contributed by atoms with Crippen molar-refractivity contribution >= 4 is 27.9 Å².